The summed E-state index contributed by atoms with van der Waals surface area (Å²) in [4.78, 5) is 13.3. The van der Waals surface area contributed by atoms with Crippen LogP contribution in [0.1, 0.15) is 11.3 Å². The molecule has 1 heterocycles. The van der Waals surface area contributed by atoms with Crippen LogP contribution >= 0.6 is 0 Å². The first-order chi connectivity index (χ1) is 9.06. The molecule has 6 heteroatoms. The maximum absolute atomic E-state index is 11.9. The monoisotopic (exact) mass is 261 g/mol. The minimum Gasteiger partial charge on any atom is -0.508 e. The largest absolute Gasteiger partial charge is 0.508 e. The normalized spacial score (nSPS) is 10.2. The number of aryl methyl sites for hydroxylation is 1. The summed E-state index contributed by atoms with van der Waals surface area (Å²) < 4.78 is 4.86. The molecule has 0 saturated heterocycles. The van der Waals surface area contributed by atoms with Crippen LogP contribution < -0.4 is 5.32 Å². The number of benzene rings is 1. The second kappa shape index (κ2) is 5.43. The number of rotatable bonds is 3. The highest BCUT2D eigenvalue weighted by Crippen LogP contribution is 2.17. The minimum atomic E-state index is -0.323. The maximum atomic E-state index is 11.9. The van der Waals surface area contributed by atoms with Crippen LogP contribution in [0.4, 0.5) is 10.6 Å². The van der Waals surface area contributed by atoms with E-state index < -0.39 is 0 Å². The molecule has 0 unspecified atom stereocenters. The fraction of sp³-hybridized carbons (Fsp3) is 0.231. The highest BCUT2D eigenvalue weighted by Gasteiger charge is 2.12. The standard InChI is InChI=1S/C13H15N3O3/c1-9-7-12(15-19-9)14-13(18)16(2)8-10-5-3-4-6-11(10)17/h3-7,17H,8H2,1-2H3,(H,14,15,18). The maximum Gasteiger partial charge on any atom is 0.323 e. The number of anilines is 1. The predicted octanol–water partition coefficient (Wildman–Crippen LogP) is 2.35. The minimum absolute atomic E-state index is 0.166. The molecule has 100 valence electrons. The molecule has 1 aromatic carbocycles. The first kappa shape index (κ1) is 12.9. The van der Waals surface area contributed by atoms with E-state index in [2.05, 4.69) is 10.5 Å². The molecule has 2 amide bonds. The zero-order valence-electron chi connectivity index (χ0n) is 10.8. The molecule has 2 aromatic rings. The number of phenols is 1. The Labute approximate surface area is 110 Å². The van der Waals surface area contributed by atoms with E-state index in [1.54, 1.807) is 38.2 Å². The van der Waals surface area contributed by atoms with E-state index in [0.29, 0.717) is 23.7 Å². The first-order valence-electron chi connectivity index (χ1n) is 5.78. The van der Waals surface area contributed by atoms with Gasteiger partial charge in [0, 0.05) is 18.7 Å². The van der Waals surface area contributed by atoms with Crippen LogP contribution in [-0.2, 0) is 6.54 Å². The fourth-order valence-electron chi connectivity index (χ4n) is 1.60. The third-order valence-corrected chi connectivity index (χ3v) is 2.61. The van der Waals surface area contributed by atoms with E-state index in [1.807, 2.05) is 6.07 Å². The molecular weight excluding hydrogens is 246 g/mol. The Hall–Kier alpha value is -2.50. The van der Waals surface area contributed by atoms with Crippen molar-refractivity contribution in [3.63, 3.8) is 0 Å². The molecular formula is C13H15N3O3. The van der Waals surface area contributed by atoms with Crippen LogP contribution in [0.25, 0.3) is 0 Å². The van der Waals surface area contributed by atoms with Gasteiger partial charge in [-0.05, 0) is 13.0 Å². The Balaban J connectivity index is 1.98. The lowest BCUT2D eigenvalue weighted by molar-refractivity contribution is 0.220. The molecule has 1 aromatic heterocycles. The quantitative estimate of drug-likeness (QED) is 0.889. The summed E-state index contributed by atoms with van der Waals surface area (Å²) in [6.07, 6.45) is 0. The summed E-state index contributed by atoms with van der Waals surface area (Å²) in [5.74, 6) is 1.16. The number of amides is 2. The van der Waals surface area contributed by atoms with E-state index >= 15 is 0 Å². The van der Waals surface area contributed by atoms with Crippen molar-refractivity contribution in [3.8, 4) is 5.75 Å². The van der Waals surface area contributed by atoms with E-state index in [0.717, 1.165) is 0 Å². The summed E-state index contributed by atoms with van der Waals surface area (Å²) in [7, 11) is 1.63. The molecule has 6 nitrogen and oxygen atoms in total. The van der Waals surface area contributed by atoms with Crippen LogP contribution in [0, 0.1) is 6.92 Å². The topological polar surface area (TPSA) is 78.6 Å². The summed E-state index contributed by atoms with van der Waals surface area (Å²) in [5.41, 5.74) is 0.677. The number of nitrogens with one attached hydrogen (secondary N) is 1. The zero-order valence-corrected chi connectivity index (χ0v) is 10.8. The number of nitrogens with zero attached hydrogens (tertiary/aromatic N) is 2. The summed E-state index contributed by atoms with van der Waals surface area (Å²) in [5, 5.41) is 15.9. The third-order valence-electron chi connectivity index (χ3n) is 2.61. The zero-order chi connectivity index (χ0) is 13.8. The Kier molecular flexibility index (Phi) is 3.70. The molecule has 0 fully saturated rings. The summed E-state index contributed by atoms with van der Waals surface area (Å²) in [6.45, 7) is 2.05. The van der Waals surface area contributed by atoms with Gasteiger partial charge in [-0.15, -0.1) is 0 Å². The number of urea groups is 1. The molecule has 0 aliphatic heterocycles. The van der Waals surface area contributed by atoms with Crippen LogP contribution in [0.15, 0.2) is 34.9 Å². The molecule has 0 aliphatic carbocycles. The fourth-order valence-corrected chi connectivity index (χ4v) is 1.60. The Morgan fingerprint density at radius 3 is 2.84 bits per heavy atom. The van der Waals surface area contributed by atoms with Crippen molar-refractivity contribution in [3.05, 3.63) is 41.7 Å². The van der Waals surface area contributed by atoms with Crippen LogP contribution in [0.2, 0.25) is 0 Å². The van der Waals surface area contributed by atoms with Gasteiger partial charge in [0.25, 0.3) is 0 Å². The Morgan fingerprint density at radius 1 is 1.47 bits per heavy atom. The SMILES string of the molecule is Cc1cc(NC(=O)N(C)Cc2ccccc2O)no1. The van der Waals surface area contributed by atoms with E-state index in [9.17, 15) is 9.90 Å². The lowest BCUT2D eigenvalue weighted by Gasteiger charge is -2.17. The molecule has 0 atom stereocenters. The van der Waals surface area contributed by atoms with Gasteiger partial charge >= 0.3 is 6.03 Å². The molecule has 19 heavy (non-hydrogen) atoms. The van der Waals surface area contributed by atoms with Gasteiger partial charge in [0.2, 0.25) is 0 Å². The molecule has 2 N–H and O–H groups in total. The summed E-state index contributed by atoms with van der Waals surface area (Å²) in [6, 6.07) is 8.20. The van der Waals surface area contributed by atoms with Crippen LogP contribution in [-0.4, -0.2) is 28.2 Å². The van der Waals surface area contributed by atoms with Crippen molar-refractivity contribution in [1.82, 2.24) is 10.1 Å². The van der Waals surface area contributed by atoms with Gasteiger partial charge in [0.05, 0.1) is 6.54 Å². The van der Waals surface area contributed by atoms with Crippen molar-refractivity contribution in [1.29, 1.82) is 0 Å². The molecule has 0 saturated carbocycles. The van der Waals surface area contributed by atoms with Crippen molar-refractivity contribution >= 4 is 11.8 Å². The Morgan fingerprint density at radius 2 is 2.21 bits per heavy atom. The van der Waals surface area contributed by atoms with E-state index in [4.69, 9.17) is 4.52 Å². The summed E-state index contributed by atoms with van der Waals surface area (Å²) >= 11 is 0. The number of phenolic OH excluding ortho intramolecular Hbond substituents is 1. The van der Waals surface area contributed by atoms with Gasteiger partial charge in [-0.1, -0.05) is 23.4 Å². The Bertz CT molecular complexity index is 580. The van der Waals surface area contributed by atoms with Crippen LogP contribution in [0.3, 0.4) is 0 Å². The van der Waals surface area contributed by atoms with Gasteiger partial charge in [-0.2, -0.15) is 0 Å². The number of hydrogen-bond donors (Lipinski definition) is 2. The van der Waals surface area contributed by atoms with Crippen molar-refractivity contribution < 1.29 is 14.4 Å². The molecule has 0 bridgehead atoms. The highest BCUT2D eigenvalue weighted by atomic mass is 16.5. The number of aromatic hydroxyl groups is 1. The number of para-hydroxylation sites is 1. The second-order valence-electron chi connectivity index (χ2n) is 4.24. The van der Waals surface area contributed by atoms with E-state index in [1.165, 1.54) is 4.90 Å². The molecule has 0 aliphatic rings. The molecule has 0 radical (unpaired) electrons. The smallest absolute Gasteiger partial charge is 0.323 e. The number of carbonyl (C=O) groups is 1. The van der Waals surface area contributed by atoms with Crippen molar-refractivity contribution in [2.75, 3.05) is 12.4 Å². The second-order valence-corrected chi connectivity index (χ2v) is 4.24. The van der Waals surface area contributed by atoms with Gasteiger partial charge in [-0.25, -0.2) is 4.79 Å². The van der Waals surface area contributed by atoms with Crippen molar-refractivity contribution in [2.45, 2.75) is 13.5 Å². The van der Waals surface area contributed by atoms with Crippen LogP contribution in [0.5, 0.6) is 5.75 Å². The lowest BCUT2D eigenvalue weighted by atomic mass is 10.2. The lowest BCUT2D eigenvalue weighted by Crippen LogP contribution is -2.30. The number of aromatic nitrogens is 1. The van der Waals surface area contributed by atoms with Gasteiger partial charge in [0.1, 0.15) is 11.5 Å². The van der Waals surface area contributed by atoms with E-state index in [-0.39, 0.29) is 11.8 Å². The number of carbonyl (C=O) groups excluding carboxylic acids is 1. The average molecular weight is 261 g/mol. The van der Waals surface area contributed by atoms with Gasteiger partial charge in [0.15, 0.2) is 5.82 Å². The van der Waals surface area contributed by atoms with Gasteiger partial charge < -0.3 is 14.5 Å². The predicted molar refractivity (Wildman–Crippen MR) is 69.8 cm³/mol. The highest BCUT2D eigenvalue weighted by molar-refractivity contribution is 5.88. The average Bonchev–Trinajstić information content (AvgIpc) is 2.77. The first-order valence-corrected chi connectivity index (χ1v) is 5.78. The van der Waals surface area contributed by atoms with Crippen molar-refractivity contribution in [2.24, 2.45) is 0 Å². The third kappa shape index (κ3) is 3.25. The van der Waals surface area contributed by atoms with Gasteiger partial charge in [-0.3, -0.25) is 5.32 Å². The molecule has 2 rings (SSSR count). The number of hydrogen-bond acceptors (Lipinski definition) is 4. The molecule has 0 spiro atoms.